The summed E-state index contributed by atoms with van der Waals surface area (Å²) in [5, 5.41) is 7.27. The van der Waals surface area contributed by atoms with Gasteiger partial charge < -0.3 is 19.5 Å². The average Bonchev–Trinajstić information content (AvgIpc) is 3.30. The Labute approximate surface area is 151 Å². The third-order valence-electron chi connectivity index (χ3n) is 4.09. The Bertz CT molecular complexity index is 715. The van der Waals surface area contributed by atoms with Crippen LogP contribution in [0.1, 0.15) is 25.7 Å². The third kappa shape index (κ3) is 4.49. The molecule has 134 valence electrons. The van der Waals surface area contributed by atoms with Crippen LogP contribution in [0.2, 0.25) is 5.02 Å². The number of hydrogen-bond donors (Lipinski definition) is 1. The number of urea groups is 1. The first kappa shape index (κ1) is 17.7. The molecule has 25 heavy (non-hydrogen) atoms. The minimum Gasteiger partial charge on any atom is -0.376 e. The van der Waals surface area contributed by atoms with Gasteiger partial charge in [0.2, 0.25) is 11.7 Å². The van der Waals surface area contributed by atoms with Crippen LogP contribution in [-0.2, 0) is 11.3 Å². The van der Waals surface area contributed by atoms with Crippen molar-refractivity contribution in [2.75, 3.05) is 19.7 Å². The SMILES string of the molecule is CCN(C[C@H]1CCCO1)C(=O)NCc1nc(-c2ccccc2Cl)no1. The summed E-state index contributed by atoms with van der Waals surface area (Å²) in [6.07, 6.45) is 2.17. The van der Waals surface area contributed by atoms with Gasteiger partial charge in [0.25, 0.3) is 0 Å². The molecule has 1 aliphatic heterocycles. The summed E-state index contributed by atoms with van der Waals surface area (Å²) < 4.78 is 10.8. The Morgan fingerprint density at radius 1 is 1.44 bits per heavy atom. The Morgan fingerprint density at radius 2 is 2.28 bits per heavy atom. The van der Waals surface area contributed by atoms with Gasteiger partial charge in [-0.2, -0.15) is 4.98 Å². The summed E-state index contributed by atoms with van der Waals surface area (Å²) in [5.41, 5.74) is 0.694. The number of nitrogens with one attached hydrogen (secondary N) is 1. The van der Waals surface area contributed by atoms with Crippen molar-refractivity contribution < 1.29 is 14.1 Å². The number of carbonyl (C=O) groups is 1. The van der Waals surface area contributed by atoms with Crippen molar-refractivity contribution in [1.82, 2.24) is 20.4 Å². The molecule has 0 saturated carbocycles. The Hall–Kier alpha value is -2.12. The van der Waals surface area contributed by atoms with Crippen LogP contribution in [0.5, 0.6) is 0 Å². The number of hydrogen-bond acceptors (Lipinski definition) is 5. The van der Waals surface area contributed by atoms with Gasteiger partial charge in [0, 0.05) is 25.3 Å². The van der Waals surface area contributed by atoms with E-state index in [2.05, 4.69) is 15.5 Å². The van der Waals surface area contributed by atoms with Crippen LogP contribution in [-0.4, -0.2) is 46.9 Å². The first-order chi connectivity index (χ1) is 12.2. The second-order valence-corrected chi connectivity index (χ2v) is 6.23. The number of likely N-dealkylation sites (N-methyl/N-ethyl adjacent to an activating group) is 1. The van der Waals surface area contributed by atoms with Crippen molar-refractivity contribution in [3.8, 4) is 11.4 Å². The van der Waals surface area contributed by atoms with Crippen molar-refractivity contribution in [2.24, 2.45) is 0 Å². The monoisotopic (exact) mass is 364 g/mol. The van der Waals surface area contributed by atoms with Crippen LogP contribution < -0.4 is 5.32 Å². The van der Waals surface area contributed by atoms with Gasteiger partial charge in [0.15, 0.2) is 0 Å². The molecule has 0 spiro atoms. The van der Waals surface area contributed by atoms with Crippen molar-refractivity contribution in [1.29, 1.82) is 0 Å². The van der Waals surface area contributed by atoms with E-state index in [0.29, 0.717) is 35.4 Å². The lowest BCUT2D eigenvalue weighted by Crippen LogP contribution is -2.43. The van der Waals surface area contributed by atoms with Gasteiger partial charge in [-0.25, -0.2) is 4.79 Å². The summed E-state index contributed by atoms with van der Waals surface area (Å²) >= 11 is 6.13. The first-order valence-corrected chi connectivity index (χ1v) is 8.77. The van der Waals surface area contributed by atoms with E-state index >= 15 is 0 Å². The number of ether oxygens (including phenoxy) is 1. The second kappa shape index (κ2) is 8.31. The fraction of sp³-hybridized carbons (Fsp3) is 0.471. The molecule has 1 saturated heterocycles. The highest BCUT2D eigenvalue weighted by Gasteiger charge is 2.22. The summed E-state index contributed by atoms with van der Waals surface area (Å²) in [7, 11) is 0. The van der Waals surface area contributed by atoms with E-state index in [1.807, 2.05) is 25.1 Å². The highest BCUT2D eigenvalue weighted by Crippen LogP contribution is 2.24. The molecule has 2 aromatic rings. The fourth-order valence-electron chi connectivity index (χ4n) is 2.73. The van der Waals surface area contributed by atoms with Crippen molar-refractivity contribution in [2.45, 2.75) is 32.4 Å². The number of benzene rings is 1. The van der Waals surface area contributed by atoms with Gasteiger partial charge >= 0.3 is 6.03 Å². The molecule has 0 aliphatic carbocycles. The Kier molecular flexibility index (Phi) is 5.88. The summed E-state index contributed by atoms with van der Waals surface area (Å²) in [4.78, 5) is 18.3. The van der Waals surface area contributed by atoms with Crippen LogP contribution in [0.3, 0.4) is 0 Å². The molecule has 1 fully saturated rings. The molecular formula is C17H21ClN4O3. The zero-order chi connectivity index (χ0) is 17.6. The zero-order valence-corrected chi connectivity index (χ0v) is 14.8. The number of amides is 2. The summed E-state index contributed by atoms with van der Waals surface area (Å²) in [6.45, 7) is 4.09. The van der Waals surface area contributed by atoms with Crippen molar-refractivity contribution in [3.05, 3.63) is 35.2 Å². The lowest BCUT2D eigenvalue weighted by atomic mass is 10.2. The van der Waals surface area contributed by atoms with Crippen molar-refractivity contribution >= 4 is 17.6 Å². The Balaban J connectivity index is 1.56. The minimum atomic E-state index is -0.171. The molecule has 0 radical (unpaired) electrons. The Morgan fingerprint density at radius 3 is 3.00 bits per heavy atom. The van der Waals surface area contributed by atoms with Crippen LogP contribution in [0.15, 0.2) is 28.8 Å². The molecule has 1 N–H and O–H groups in total. The lowest BCUT2D eigenvalue weighted by molar-refractivity contribution is 0.0824. The maximum Gasteiger partial charge on any atom is 0.317 e. The molecule has 0 unspecified atom stereocenters. The van der Waals surface area contributed by atoms with Crippen LogP contribution in [0, 0.1) is 0 Å². The molecule has 2 heterocycles. The van der Waals surface area contributed by atoms with Crippen LogP contribution >= 0.6 is 11.6 Å². The van der Waals surface area contributed by atoms with E-state index < -0.39 is 0 Å². The molecule has 3 rings (SSSR count). The fourth-order valence-corrected chi connectivity index (χ4v) is 2.95. The van der Waals surface area contributed by atoms with Crippen LogP contribution in [0.25, 0.3) is 11.4 Å². The number of carbonyl (C=O) groups excluding carboxylic acids is 1. The molecule has 1 aromatic heterocycles. The maximum atomic E-state index is 12.3. The predicted molar refractivity (Wildman–Crippen MR) is 93.2 cm³/mol. The summed E-state index contributed by atoms with van der Waals surface area (Å²) in [5.74, 6) is 0.734. The number of nitrogens with zero attached hydrogens (tertiary/aromatic N) is 3. The number of halogens is 1. The third-order valence-corrected chi connectivity index (χ3v) is 4.42. The quantitative estimate of drug-likeness (QED) is 0.851. The van der Waals surface area contributed by atoms with Crippen LogP contribution in [0.4, 0.5) is 4.79 Å². The van der Waals surface area contributed by atoms with Gasteiger partial charge in [-0.1, -0.05) is 28.9 Å². The lowest BCUT2D eigenvalue weighted by Gasteiger charge is -2.23. The molecule has 8 heteroatoms. The topological polar surface area (TPSA) is 80.5 Å². The second-order valence-electron chi connectivity index (χ2n) is 5.82. The standard InChI is InChI=1S/C17H21ClN4O3/c1-2-22(11-12-6-5-9-24-12)17(23)19-10-15-20-16(21-25-15)13-7-3-4-8-14(13)18/h3-4,7-8,12H,2,5-6,9-11H2,1H3,(H,19,23)/t12-/m1/s1. The first-order valence-electron chi connectivity index (χ1n) is 8.39. The molecule has 7 nitrogen and oxygen atoms in total. The molecule has 2 amide bonds. The van der Waals surface area contributed by atoms with E-state index in [0.717, 1.165) is 19.4 Å². The number of aromatic nitrogens is 2. The normalized spacial score (nSPS) is 16.8. The minimum absolute atomic E-state index is 0.126. The van der Waals surface area contributed by atoms with Gasteiger partial charge in [0.1, 0.15) is 0 Å². The average molecular weight is 365 g/mol. The van der Waals surface area contributed by atoms with E-state index in [-0.39, 0.29) is 18.7 Å². The van der Waals surface area contributed by atoms with Gasteiger partial charge in [-0.3, -0.25) is 0 Å². The maximum absolute atomic E-state index is 12.3. The van der Waals surface area contributed by atoms with Gasteiger partial charge in [0.05, 0.1) is 17.7 Å². The van der Waals surface area contributed by atoms with E-state index in [4.69, 9.17) is 20.9 Å². The van der Waals surface area contributed by atoms with Crippen molar-refractivity contribution in [3.63, 3.8) is 0 Å². The predicted octanol–water partition coefficient (Wildman–Crippen LogP) is 3.10. The molecular weight excluding hydrogens is 344 g/mol. The molecule has 1 atom stereocenters. The highest BCUT2D eigenvalue weighted by molar-refractivity contribution is 6.33. The molecule has 1 aliphatic rings. The highest BCUT2D eigenvalue weighted by atomic mass is 35.5. The van der Waals surface area contributed by atoms with E-state index in [9.17, 15) is 4.79 Å². The number of rotatable bonds is 6. The van der Waals surface area contributed by atoms with E-state index in [1.54, 1.807) is 11.0 Å². The van der Waals surface area contributed by atoms with Gasteiger partial charge in [-0.15, -0.1) is 0 Å². The zero-order valence-electron chi connectivity index (χ0n) is 14.1. The largest absolute Gasteiger partial charge is 0.376 e. The molecule has 1 aromatic carbocycles. The van der Waals surface area contributed by atoms with E-state index in [1.165, 1.54) is 0 Å². The summed E-state index contributed by atoms with van der Waals surface area (Å²) in [6, 6.07) is 7.09. The molecule has 0 bridgehead atoms. The van der Waals surface area contributed by atoms with Gasteiger partial charge in [-0.05, 0) is 31.9 Å². The smallest absolute Gasteiger partial charge is 0.317 e.